The molecule has 1 aliphatic carbocycles. The van der Waals surface area contributed by atoms with E-state index in [0.29, 0.717) is 6.04 Å². The first-order valence-electron chi connectivity index (χ1n) is 8.32. The van der Waals surface area contributed by atoms with Crippen LogP contribution in [-0.2, 0) is 6.42 Å². The van der Waals surface area contributed by atoms with Crippen molar-refractivity contribution in [1.82, 2.24) is 0 Å². The van der Waals surface area contributed by atoms with Gasteiger partial charge in [-0.1, -0.05) is 18.2 Å². The summed E-state index contributed by atoms with van der Waals surface area (Å²) in [6.45, 7) is 4.52. The summed E-state index contributed by atoms with van der Waals surface area (Å²) in [5.41, 5.74) is 8.84. The normalized spacial score (nSPS) is 30.1. The molecule has 1 atom stereocenters. The number of nitrogens with two attached hydrogens (primary N) is 1. The molecule has 110 valence electrons. The molecule has 2 nitrogen and oxygen atoms in total. The average molecular weight is 272 g/mol. The van der Waals surface area contributed by atoms with Gasteiger partial charge in [-0.05, 0) is 75.5 Å². The van der Waals surface area contributed by atoms with Gasteiger partial charge in [-0.15, -0.1) is 0 Å². The second kappa shape index (κ2) is 6.17. The molecule has 1 unspecified atom stereocenters. The lowest BCUT2D eigenvalue weighted by Gasteiger charge is -2.40. The van der Waals surface area contributed by atoms with Crippen molar-refractivity contribution in [2.24, 2.45) is 17.6 Å². The van der Waals surface area contributed by atoms with E-state index < -0.39 is 0 Å². The van der Waals surface area contributed by atoms with Gasteiger partial charge in [0.2, 0.25) is 0 Å². The molecule has 1 heterocycles. The highest BCUT2D eigenvalue weighted by Crippen LogP contribution is 2.34. The van der Waals surface area contributed by atoms with Gasteiger partial charge in [0.15, 0.2) is 0 Å². The monoisotopic (exact) mass is 272 g/mol. The van der Waals surface area contributed by atoms with Crippen molar-refractivity contribution in [2.75, 3.05) is 18.0 Å². The second-order valence-corrected chi connectivity index (χ2v) is 6.79. The first-order valence-corrected chi connectivity index (χ1v) is 8.32. The zero-order chi connectivity index (χ0) is 13.9. The summed E-state index contributed by atoms with van der Waals surface area (Å²) in [6, 6.07) is 9.68. The minimum atomic E-state index is 0.692. The third-order valence-corrected chi connectivity index (χ3v) is 5.42. The van der Waals surface area contributed by atoms with E-state index in [1.807, 2.05) is 0 Å². The van der Waals surface area contributed by atoms with Crippen LogP contribution in [0.3, 0.4) is 0 Å². The standard InChI is InChI=1S/C18H28N2/c1-14-6-11-17-4-2-3-5-18(17)20(14)13-16-9-7-15(12-19)8-10-16/h2-5,14-16H,6-13,19H2,1H3. The van der Waals surface area contributed by atoms with Crippen LogP contribution in [0.15, 0.2) is 24.3 Å². The number of para-hydroxylation sites is 1. The van der Waals surface area contributed by atoms with Gasteiger partial charge >= 0.3 is 0 Å². The van der Waals surface area contributed by atoms with Crippen molar-refractivity contribution in [3.05, 3.63) is 29.8 Å². The number of anilines is 1. The summed E-state index contributed by atoms with van der Waals surface area (Å²) in [6.07, 6.45) is 7.96. The van der Waals surface area contributed by atoms with Crippen LogP contribution in [0.1, 0.15) is 44.6 Å². The number of nitrogens with zero attached hydrogens (tertiary/aromatic N) is 1. The highest BCUT2D eigenvalue weighted by molar-refractivity contribution is 5.56. The SMILES string of the molecule is CC1CCc2ccccc2N1CC1CCC(CN)CC1. The summed E-state index contributed by atoms with van der Waals surface area (Å²) in [4.78, 5) is 2.67. The number of aryl methyl sites for hydroxylation is 1. The Labute approximate surface area is 123 Å². The maximum atomic E-state index is 5.81. The minimum absolute atomic E-state index is 0.692. The number of benzene rings is 1. The lowest BCUT2D eigenvalue weighted by molar-refractivity contribution is 0.276. The van der Waals surface area contributed by atoms with Crippen molar-refractivity contribution >= 4 is 5.69 Å². The predicted molar refractivity (Wildman–Crippen MR) is 86.1 cm³/mol. The van der Waals surface area contributed by atoms with E-state index in [4.69, 9.17) is 5.73 Å². The molecule has 1 aromatic carbocycles. The van der Waals surface area contributed by atoms with Crippen LogP contribution in [-0.4, -0.2) is 19.1 Å². The van der Waals surface area contributed by atoms with E-state index >= 15 is 0 Å². The Balaban J connectivity index is 1.68. The van der Waals surface area contributed by atoms with Gasteiger partial charge in [-0.2, -0.15) is 0 Å². The molecule has 0 saturated heterocycles. The third-order valence-electron chi connectivity index (χ3n) is 5.42. The Bertz CT molecular complexity index is 435. The highest BCUT2D eigenvalue weighted by atomic mass is 15.2. The lowest BCUT2D eigenvalue weighted by atomic mass is 9.81. The zero-order valence-corrected chi connectivity index (χ0v) is 12.7. The number of hydrogen-bond donors (Lipinski definition) is 1. The fraction of sp³-hybridized carbons (Fsp3) is 0.667. The van der Waals surface area contributed by atoms with E-state index in [-0.39, 0.29) is 0 Å². The van der Waals surface area contributed by atoms with Gasteiger partial charge in [0.1, 0.15) is 0 Å². The fourth-order valence-corrected chi connectivity index (χ4v) is 3.97. The molecular weight excluding hydrogens is 244 g/mol. The zero-order valence-electron chi connectivity index (χ0n) is 12.7. The summed E-state index contributed by atoms with van der Waals surface area (Å²) in [7, 11) is 0. The molecule has 2 aliphatic rings. The van der Waals surface area contributed by atoms with Crippen LogP contribution in [0.4, 0.5) is 5.69 Å². The lowest BCUT2D eigenvalue weighted by Crippen LogP contribution is -2.41. The molecule has 1 aliphatic heterocycles. The van der Waals surface area contributed by atoms with E-state index in [0.717, 1.165) is 18.4 Å². The summed E-state index contributed by atoms with van der Waals surface area (Å²) < 4.78 is 0. The largest absolute Gasteiger partial charge is 0.368 e. The summed E-state index contributed by atoms with van der Waals surface area (Å²) in [5, 5.41) is 0. The van der Waals surface area contributed by atoms with Gasteiger partial charge in [-0.3, -0.25) is 0 Å². The molecule has 1 aromatic rings. The third kappa shape index (κ3) is 2.85. The van der Waals surface area contributed by atoms with Crippen molar-refractivity contribution in [2.45, 2.75) is 51.5 Å². The molecule has 0 radical (unpaired) electrons. The molecular formula is C18H28N2. The number of hydrogen-bond acceptors (Lipinski definition) is 2. The first kappa shape index (κ1) is 13.9. The van der Waals surface area contributed by atoms with Crippen LogP contribution in [0.25, 0.3) is 0 Å². The molecule has 2 N–H and O–H groups in total. The van der Waals surface area contributed by atoms with E-state index in [1.54, 1.807) is 5.56 Å². The fourth-order valence-electron chi connectivity index (χ4n) is 3.97. The van der Waals surface area contributed by atoms with Gasteiger partial charge in [0.05, 0.1) is 0 Å². The van der Waals surface area contributed by atoms with Crippen molar-refractivity contribution in [3.8, 4) is 0 Å². The molecule has 1 saturated carbocycles. The van der Waals surface area contributed by atoms with Crippen LogP contribution < -0.4 is 10.6 Å². The molecule has 3 rings (SSSR count). The Kier molecular flexibility index (Phi) is 4.30. The van der Waals surface area contributed by atoms with E-state index in [1.165, 1.54) is 50.8 Å². The molecule has 1 fully saturated rings. The smallest absolute Gasteiger partial charge is 0.0401 e. The van der Waals surface area contributed by atoms with Crippen LogP contribution >= 0.6 is 0 Å². The maximum absolute atomic E-state index is 5.81. The second-order valence-electron chi connectivity index (χ2n) is 6.79. The van der Waals surface area contributed by atoms with Crippen molar-refractivity contribution in [3.63, 3.8) is 0 Å². The van der Waals surface area contributed by atoms with E-state index in [2.05, 4.69) is 36.1 Å². The van der Waals surface area contributed by atoms with Gasteiger partial charge < -0.3 is 10.6 Å². The van der Waals surface area contributed by atoms with Gasteiger partial charge in [0, 0.05) is 18.3 Å². The van der Waals surface area contributed by atoms with Crippen LogP contribution in [0.5, 0.6) is 0 Å². The topological polar surface area (TPSA) is 29.3 Å². The summed E-state index contributed by atoms with van der Waals surface area (Å²) >= 11 is 0. The maximum Gasteiger partial charge on any atom is 0.0401 e. The summed E-state index contributed by atoms with van der Waals surface area (Å²) in [5.74, 6) is 1.66. The van der Waals surface area contributed by atoms with E-state index in [9.17, 15) is 0 Å². The molecule has 0 bridgehead atoms. The van der Waals surface area contributed by atoms with Crippen molar-refractivity contribution < 1.29 is 0 Å². The van der Waals surface area contributed by atoms with Gasteiger partial charge in [0.25, 0.3) is 0 Å². The average Bonchev–Trinajstić information content (AvgIpc) is 2.51. The quantitative estimate of drug-likeness (QED) is 0.911. The predicted octanol–water partition coefficient (Wildman–Crippen LogP) is 3.59. The number of rotatable bonds is 3. The van der Waals surface area contributed by atoms with Crippen molar-refractivity contribution in [1.29, 1.82) is 0 Å². The van der Waals surface area contributed by atoms with Gasteiger partial charge in [-0.25, -0.2) is 0 Å². The Morgan fingerprint density at radius 1 is 1.05 bits per heavy atom. The van der Waals surface area contributed by atoms with Crippen LogP contribution in [0.2, 0.25) is 0 Å². The van der Waals surface area contributed by atoms with Crippen LogP contribution in [0, 0.1) is 11.8 Å². The first-order chi connectivity index (χ1) is 9.78. The molecule has 20 heavy (non-hydrogen) atoms. The molecule has 0 aromatic heterocycles. The molecule has 0 amide bonds. The molecule has 0 spiro atoms. The minimum Gasteiger partial charge on any atom is -0.368 e. The Morgan fingerprint density at radius 3 is 2.50 bits per heavy atom. The number of fused-ring (bicyclic) bond motifs is 1. The highest BCUT2D eigenvalue weighted by Gasteiger charge is 2.27. The Hall–Kier alpha value is -1.02. The molecule has 2 heteroatoms. The Morgan fingerprint density at radius 2 is 1.75 bits per heavy atom.